The lowest BCUT2D eigenvalue weighted by Crippen LogP contribution is -2.26. The van der Waals surface area contributed by atoms with Crippen molar-refractivity contribution in [1.29, 1.82) is 0 Å². The van der Waals surface area contributed by atoms with E-state index in [0.717, 1.165) is 5.56 Å². The zero-order valence-corrected chi connectivity index (χ0v) is 11.8. The monoisotopic (exact) mass is 282 g/mol. The minimum absolute atomic E-state index is 0.0539. The number of benzene rings is 1. The van der Waals surface area contributed by atoms with Crippen LogP contribution in [0.5, 0.6) is 5.75 Å². The van der Waals surface area contributed by atoms with Crippen molar-refractivity contribution in [1.82, 2.24) is 0 Å². The fraction of sp³-hybridized carbons (Fsp3) is 0.429. The second-order valence-electron chi connectivity index (χ2n) is 3.90. The fourth-order valence-electron chi connectivity index (χ4n) is 1.35. The van der Waals surface area contributed by atoms with E-state index in [1.165, 1.54) is 6.92 Å². The first kappa shape index (κ1) is 15.8. The summed E-state index contributed by atoms with van der Waals surface area (Å²) in [7, 11) is 1.57. The Morgan fingerprint density at radius 3 is 2.35 bits per heavy atom. The maximum Gasteiger partial charge on any atom is 0.509 e. The molecule has 110 valence electrons. The van der Waals surface area contributed by atoms with Crippen LogP contribution in [0, 0.1) is 0 Å². The van der Waals surface area contributed by atoms with E-state index in [1.807, 2.05) is 0 Å². The van der Waals surface area contributed by atoms with E-state index in [0.29, 0.717) is 5.75 Å². The van der Waals surface area contributed by atoms with Crippen molar-refractivity contribution < 1.29 is 28.5 Å². The molecule has 0 bridgehead atoms. The molecular weight excluding hydrogens is 264 g/mol. The highest BCUT2D eigenvalue weighted by Gasteiger charge is 2.19. The second-order valence-corrected chi connectivity index (χ2v) is 3.90. The van der Waals surface area contributed by atoms with Gasteiger partial charge in [-0.05, 0) is 31.5 Å². The van der Waals surface area contributed by atoms with Gasteiger partial charge in [-0.3, -0.25) is 0 Å². The Morgan fingerprint density at radius 2 is 1.80 bits per heavy atom. The van der Waals surface area contributed by atoms with Crippen molar-refractivity contribution in [3.05, 3.63) is 29.8 Å². The van der Waals surface area contributed by atoms with E-state index in [1.54, 1.807) is 38.3 Å². The Bertz CT molecular complexity index is 439. The molecule has 20 heavy (non-hydrogen) atoms. The third-order valence-corrected chi connectivity index (χ3v) is 2.41. The molecule has 1 unspecified atom stereocenters. The van der Waals surface area contributed by atoms with Crippen LogP contribution in [0.2, 0.25) is 0 Å². The molecule has 0 aromatic heterocycles. The Balaban J connectivity index is 2.37. The minimum Gasteiger partial charge on any atom is -0.497 e. The van der Waals surface area contributed by atoms with Gasteiger partial charge >= 0.3 is 12.1 Å². The lowest BCUT2D eigenvalue weighted by atomic mass is 10.2. The van der Waals surface area contributed by atoms with Crippen LogP contribution in [-0.2, 0) is 25.6 Å². The summed E-state index contributed by atoms with van der Waals surface area (Å²) in [6.45, 7) is 3.38. The number of carbonyl (C=O) groups is 2. The number of hydrogen-bond donors (Lipinski definition) is 0. The van der Waals surface area contributed by atoms with Gasteiger partial charge < -0.3 is 18.9 Å². The first-order valence-corrected chi connectivity index (χ1v) is 6.19. The van der Waals surface area contributed by atoms with Gasteiger partial charge in [-0.15, -0.1) is 0 Å². The van der Waals surface area contributed by atoms with Gasteiger partial charge in [-0.2, -0.15) is 0 Å². The molecule has 1 aromatic carbocycles. The number of rotatable bonds is 6. The molecule has 0 saturated heterocycles. The van der Waals surface area contributed by atoms with E-state index in [9.17, 15) is 9.59 Å². The third-order valence-electron chi connectivity index (χ3n) is 2.41. The summed E-state index contributed by atoms with van der Waals surface area (Å²) in [6.07, 6.45) is -1.90. The van der Waals surface area contributed by atoms with Crippen molar-refractivity contribution in [2.24, 2.45) is 0 Å². The summed E-state index contributed by atoms with van der Waals surface area (Å²) in [5.41, 5.74) is 0.784. The fourth-order valence-corrected chi connectivity index (χ4v) is 1.35. The molecule has 0 aliphatic rings. The quantitative estimate of drug-likeness (QED) is 0.745. The van der Waals surface area contributed by atoms with Crippen molar-refractivity contribution in [2.45, 2.75) is 26.6 Å². The molecule has 1 atom stereocenters. The van der Waals surface area contributed by atoms with Crippen LogP contribution in [0.15, 0.2) is 24.3 Å². The molecule has 0 heterocycles. The summed E-state index contributed by atoms with van der Waals surface area (Å²) in [5.74, 6) is 0.112. The van der Waals surface area contributed by atoms with Gasteiger partial charge in [0, 0.05) is 0 Å². The Labute approximate surface area is 117 Å². The van der Waals surface area contributed by atoms with E-state index in [-0.39, 0.29) is 13.2 Å². The summed E-state index contributed by atoms with van der Waals surface area (Å²) < 4.78 is 19.4. The largest absolute Gasteiger partial charge is 0.509 e. The Morgan fingerprint density at radius 1 is 1.15 bits per heavy atom. The molecule has 0 radical (unpaired) electrons. The lowest BCUT2D eigenvalue weighted by Gasteiger charge is -2.12. The first-order valence-electron chi connectivity index (χ1n) is 6.19. The average molecular weight is 282 g/mol. The van der Waals surface area contributed by atoms with Crippen LogP contribution in [0.25, 0.3) is 0 Å². The van der Waals surface area contributed by atoms with Crippen LogP contribution < -0.4 is 4.74 Å². The van der Waals surface area contributed by atoms with Crippen LogP contribution in [0.4, 0.5) is 4.79 Å². The minimum atomic E-state index is -0.988. The van der Waals surface area contributed by atoms with Gasteiger partial charge in [0.2, 0.25) is 0 Å². The molecular formula is C14H18O6. The van der Waals surface area contributed by atoms with Gasteiger partial charge in [0.1, 0.15) is 12.4 Å². The van der Waals surface area contributed by atoms with Gasteiger partial charge in [0.25, 0.3) is 0 Å². The maximum atomic E-state index is 11.4. The standard InChI is InChI=1S/C14H18O6/c1-4-18-13(15)10(2)20-14(16)19-9-11-5-7-12(17-3)8-6-11/h5-8,10H,4,9H2,1-3H3. The number of ether oxygens (including phenoxy) is 4. The van der Waals surface area contributed by atoms with Crippen LogP contribution in [0.3, 0.4) is 0 Å². The van der Waals surface area contributed by atoms with Gasteiger partial charge in [0.05, 0.1) is 13.7 Å². The summed E-state index contributed by atoms with van der Waals surface area (Å²) in [5, 5.41) is 0. The van der Waals surface area contributed by atoms with Crippen molar-refractivity contribution in [2.75, 3.05) is 13.7 Å². The van der Waals surface area contributed by atoms with E-state index < -0.39 is 18.2 Å². The van der Waals surface area contributed by atoms with Gasteiger partial charge in [-0.1, -0.05) is 12.1 Å². The molecule has 0 saturated carbocycles. The third kappa shape index (κ3) is 5.17. The summed E-state index contributed by atoms with van der Waals surface area (Å²) in [6, 6.07) is 7.04. The van der Waals surface area contributed by atoms with Crippen LogP contribution in [0.1, 0.15) is 19.4 Å². The zero-order chi connectivity index (χ0) is 15.0. The van der Waals surface area contributed by atoms with Crippen LogP contribution >= 0.6 is 0 Å². The predicted molar refractivity (Wildman–Crippen MR) is 70.4 cm³/mol. The second kappa shape index (κ2) is 8.04. The molecule has 0 spiro atoms. The first-order chi connectivity index (χ1) is 9.56. The van der Waals surface area contributed by atoms with Crippen molar-refractivity contribution >= 4 is 12.1 Å². The molecule has 0 fully saturated rings. The maximum absolute atomic E-state index is 11.4. The molecule has 0 amide bonds. The number of methoxy groups -OCH3 is 1. The molecule has 0 N–H and O–H groups in total. The average Bonchev–Trinajstić information content (AvgIpc) is 2.45. The highest BCUT2D eigenvalue weighted by Crippen LogP contribution is 2.12. The predicted octanol–water partition coefficient (Wildman–Crippen LogP) is 2.30. The van der Waals surface area contributed by atoms with E-state index >= 15 is 0 Å². The molecule has 6 heteroatoms. The highest BCUT2D eigenvalue weighted by atomic mass is 16.7. The van der Waals surface area contributed by atoms with Gasteiger partial charge in [-0.25, -0.2) is 9.59 Å². The van der Waals surface area contributed by atoms with Crippen LogP contribution in [-0.4, -0.2) is 31.9 Å². The topological polar surface area (TPSA) is 71.1 Å². The van der Waals surface area contributed by atoms with E-state index in [2.05, 4.69) is 0 Å². The smallest absolute Gasteiger partial charge is 0.497 e. The highest BCUT2D eigenvalue weighted by molar-refractivity contribution is 5.76. The van der Waals surface area contributed by atoms with Crippen molar-refractivity contribution in [3.63, 3.8) is 0 Å². The molecule has 6 nitrogen and oxygen atoms in total. The number of hydrogen-bond acceptors (Lipinski definition) is 6. The molecule has 1 rings (SSSR count). The molecule has 0 aliphatic heterocycles. The SMILES string of the molecule is CCOC(=O)C(C)OC(=O)OCc1ccc(OC)cc1. The Hall–Kier alpha value is -2.24. The number of esters is 1. The molecule has 0 aliphatic carbocycles. The van der Waals surface area contributed by atoms with Crippen molar-refractivity contribution in [3.8, 4) is 5.75 Å². The summed E-state index contributed by atoms with van der Waals surface area (Å²) in [4.78, 5) is 22.6. The normalized spacial score (nSPS) is 11.3. The summed E-state index contributed by atoms with van der Waals surface area (Å²) >= 11 is 0. The lowest BCUT2D eigenvalue weighted by molar-refractivity contribution is -0.153. The number of carbonyl (C=O) groups excluding carboxylic acids is 2. The molecule has 1 aromatic rings. The Kier molecular flexibility index (Phi) is 6.36. The zero-order valence-electron chi connectivity index (χ0n) is 11.8. The van der Waals surface area contributed by atoms with E-state index in [4.69, 9.17) is 18.9 Å². The van der Waals surface area contributed by atoms with Gasteiger partial charge in [0.15, 0.2) is 6.10 Å².